The number of fused-ring (bicyclic) bond motifs is 1. The van der Waals surface area contributed by atoms with Crippen LogP contribution in [0.3, 0.4) is 0 Å². The number of hydrogen-bond acceptors (Lipinski definition) is 2. The summed E-state index contributed by atoms with van der Waals surface area (Å²) in [6.45, 7) is 6.91. The maximum Gasteiger partial charge on any atom is 0.321 e. The minimum Gasteiger partial charge on any atom is -0.351 e. The van der Waals surface area contributed by atoms with E-state index in [0.29, 0.717) is 17.9 Å². The lowest BCUT2D eigenvalue weighted by atomic mass is 9.87. The smallest absolute Gasteiger partial charge is 0.321 e. The first-order chi connectivity index (χ1) is 13.6. The van der Waals surface area contributed by atoms with E-state index in [0.717, 1.165) is 16.5 Å². The molecule has 0 unspecified atom stereocenters. The molecule has 0 saturated carbocycles. The van der Waals surface area contributed by atoms with Gasteiger partial charge in [0.15, 0.2) is 0 Å². The molecule has 0 aliphatic heterocycles. The summed E-state index contributed by atoms with van der Waals surface area (Å²) >= 11 is 0. The Morgan fingerprint density at radius 2 is 1.69 bits per heavy atom. The van der Waals surface area contributed by atoms with E-state index >= 15 is 0 Å². The molecule has 6 nitrogen and oxygen atoms in total. The summed E-state index contributed by atoms with van der Waals surface area (Å²) in [5.41, 5.74) is 4.45. The second-order valence-electron chi connectivity index (χ2n) is 8.44. The van der Waals surface area contributed by atoms with E-state index < -0.39 is 0 Å². The van der Waals surface area contributed by atoms with Gasteiger partial charge >= 0.3 is 6.03 Å². The number of aromatic amines is 1. The maximum absolute atomic E-state index is 12.6. The third-order valence-electron chi connectivity index (χ3n) is 4.80. The highest BCUT2D eigenvalue weighted by molar-refractivity contribution is 5.98. The molecule has 0 atom stereocenters. The summed E-state index contributed by atoms with van der Waals surface area (Å²) in [4.78, 5) is 28.9. The molecule has 3 amide bonds. The van der Waals surface area contributed by atoms with Crippen molar-refractivity contribution in [2.24, 2.45) is 0 Å². The number of amides is 3. The molecule has 0 aliphatic rings. The van der Waals surface area contributed by atoms with Gasteiger partial charge in [0, 0.05) is 37.2 Å². The van der Waals surface area contributed by atoms with Crippen LogP contribution in [-0.4, -0.2) is 35.9 Å². The highest BCUT2D eigenvalue weighted by Gasteiger charge is 2.15. The van der Waals surface area contributed by atoms with Gasteiger partial charge in [-0.25, -0.2) is 4.79 Å². The molecule has 1 heterocycles. The van der Waals surface area contributed by atoms with Crippen molar-refractivity contribution in [3.8, 4) is 0 Å². The topological polar surface area (TPSA) is 77.2 Å². The molecule has 0 aliphatic carbocycles. The lowest BCUT2D eigenvalue weighted by molar-refractivity contribution is 0.0946. The molecule has 0 spiro atoms. The summed E-state index contributed by atoms with van der Waals surface area (Å²) in [5.74, 6) is -0.150. The average molecular weight is 393 g/mol. The van der Waals surface area contributed by atoms with Crippen LogP contribution >= 0.6 is 0 Å². The molecule has 3 rings (SSSR count). The summed E-state index contributed by atoms with van der Waals surface area (Å²) in [7, 11) is 3.38. The van der Waals surface area contributed by atoms with E-state index in [-0.39, 0.29) is 17.4 Å². The zero-order valence-corrected chi connectivity index (χ0v) is 17.6. The molecular weight excluding hydrogens is 364 g/mol. The van der Waals surface area contributed by atoms with Crippen LogP contribution < -0.4 is 10.6 Å². The first-order valence-electron chi connectivity index (χ1n) is 9.62. The minimum absolute atomic E-state index is 0.0555. The lowest BCUT2D eigenvalue weighted by Crippen LogP contribution is -2.27. The third kappa shape index (κ3) is 4.96. The molecular formula is C23H28N4O2. The van der Waals surface area contributed by atoms with Crippen LogP contribution in [0.2, 0.25) is 0 Å². The van der Waals surface area contributed by atoms with Crippen molar-refractivity contribution in [1.29, 1.82) is 0 Å². The van der Waals surface area contributed by atoms with Crippen molar-refractivity contribution in [3.63, 3.8) is 0 Å². The summed E-state index contributed by atoms with van der Waals surface area (Å²) in [6.07, 6.45) is 0. The van der Waals surface area contributed by atoms with Crippen LogP contribution in [0, 0.1) is 0 Å². The van der Waals surface area contributed by atoms with E-state index in [9.17, 15) is 9.59 Å². The molecule has 6 heteroatoms. The third-order valence-corrected chi connectivity index (χ3v) is 4.80. The molecule has 0 saturated heterocycles. The van der Waals surface area contributed by atoms with E-state index in [4.69, 9.17) is 0 Å². The number of H-pyrrole nitrogens is 1. The zero-order chi connectivity index (χ0) is 21.2. The fourth-order valence-corrected chi connectivity index (χ4v) is 2.93. The van der Waals surface area contributed by atoms with Gasteiger partial charge in [-0.2, -0.15) is 0 Å². The van der Waals surface area contributed by atoms with Crippen LogP contribution in [0.1, 0.15) is 42.4 Å². The second-order valence-corrected chi connectivity index (χ2v) is 8.44. The van der Waals surface area contributed by atoms with Gasteiger partial charge in [0.1, 0.15) is 5.69 Å². The monoisotopic (exact) mass is 392 g/mol. The Morgan fingerprint density at radius 1 is 1.00 bits per heavy atom. The number of urea groups is 1. The number of nitrogens with one attached hydrogen (secondary N) is 3. The quantitative estimate of drug-likeness (QED) is 0.612. The van der Waals surface area contributed by atoms with Gasteiger partial charge in [-0.05, 0) is 40.8 Å². The molecule has 1 aromatic heterocycles. The molecule has 2 aromatic carbocycles. The SMILES string of the molecule is CN(C)C(=O)Nc1ccc(CNC(=O)c2cc3ccc(C(C)(C)C)cc3[nH]2)cc1. The van der Waals surface area contributed by atoms with Gasteiger partial charge < -0.3 is 20.5 Å². The van der Waals surface area contributed by atoms with Crippen molar-refractivity contribution in [2.75, 3.05) is 19.4 Å². The van der Waals surface area contributed by atoms with Crippen molar-refractivity contribution in [3.05, 3.63) is 65.4 Å². The van der Waals surface area contributed by atoms with Gasteiger partial charge in [-0.3, -0.25) is 4.79 Å². The van der Waals surface area contributed by atoms with E-state index in [1.54, 1.807) is 14.1 Å². The normalized spacial score (nSPS) is 11.3. The van der Waals surface area contributed by atoms with Crippen LogP contribution in [0.25, 0.3) is 10.9 Å². The number of benzene rings is 2. The number of nitrogens with zero attached hydrogens (tertiary/aromatic N) is 1. The summed E-state index contributed by atoms with van der Waals surface area (Å²) < 4.78 is 0. The zero-order valence-electron chi connectivity index (χ0n) is 17.6. The van der Waals surface area contributed by atoms with Gasteiger partial charge in [-0.1, -0.05) is 45.0 Å². The fraction of sp³-hybridized carbons (Fsp3) is 0.304. The molecule has 29 heavy (non-hydrogen) atoms. The number of anilines is 1. The van der Waals surface area contributed by atoms with Gasteiger partial charge in [0.05, 0.1) is 0 Å². The van der Waals surface area contributed by atoms with Gasteiger partial charge in [0.2, 0.25) is 0 Å². The Morgan fingerprint density at radius 3 is 2.31 bits per heavy atom. The Kier molecular flexibility index (Phi) is 5.64. The Bertz CT molecular complexity index is 1030. The Labute approximate surface area is 171 Å². The second kappa shape index (κ2) is 7.99. The lowest BCUT2D eigenvalue weighted by Gasteiger charge is -2.18. The predicted octanol–water partition coefficient (Wildman–Crippen LogP) is 4.49. The molecule has 3 N–H and O–H groups in total. The predicted molar refractivity (Wildman–Crippen MR) is 117 cm³/mol. The van der Waals surface area contributed by atoms with Gasteiger partial charge in [0.25, 0.3) is 5.91 Å². The van der Waals surface area contributed by atoms with Crippen molar-refractivity contribution >= 4 is 28.5 Å². The van der Waals surface area contributed by atoms with Crippen LogP contribution in [-0.2, 0) is 12.0 Å². The standard InChI is InChI=1S/C23H28N4O2/c1-23(2,3)17-9-8-16-12-20(26-19(16)13-17)21(28)24-14-15-6-10-18(11-7-15)25-22(29)27(4)5/h6-13,26H,14H2,1-5H3,(H,24,28)(H,25,29). The number of hydrogen-bond donors (Lipinski definition) is 3. The minimum atomic E-state index is -0.181. The number of carbonyl (C=O) groups excluding carboxylic acids is 2. The van der Waals surface area contributed by atoms with Crippen molar-refractivity contribution in [2.45, 2.75) is 32.7 Å². The maximum atomic E-state index is 12.6. The van der Waals surface area contributed by atoms with Gasteiger partial charge in [-0.15, -0.1) is 0 Å². The molecule has 3 aromatic rings. The highest BCUT2D eigenvalue weighted by Crippen LogP contribution is 2.26. The van der Waals surface area contributed by atoms with E-state index in [2.05, 4.69) is 48.5 Å². The summed E-state index contributed by atoms with van der Waals surface area (Å²) in [5, 5.41) is 6.74. The van der Waals surface area contributed by atoms with Crippen LogP contribution in [0.5, 0.6) is 0 Å². The highest BCUT2D eigenvalue weighted by atomic mass is 16.2. The van der Waals surface area contributed by atoms with Crippen LogP contribution in [0.15, 0.2) is 48.5 Å². The van der Waals surface area contributed by atoms with E-state index in [1.807, 2.05) is 36.4 Å². The van der Waals surface area contributed by atoms with E-state index in [1.165, 1.54) is 10.5 Å². The average Bonchev–Trinajstić information content (AvgIpc) is 3.10. The number of carbonyl (C=O) groups is 2. The number of aromatic nitrogens is 1. The van der Waals surface area contributed by atoms with Crippen LogP contribution in [0.4, 0.5) is 10.5 Å². The van der Waals surface area contributed by atoms with Crippen molar-refractivity contribution in [1.82, 2.24) is 15.2 Å². The molecule has 0 radical (unpaired) electrons. The Hall–Kier alpha value is -3.28. The Balaban J connectivity index is 1.64. The fourth-order valence-electron chi connectivity index (χ4n) is 2.93. The van der Waals surface area contributed by atoms with Crippen molar-refractivity contribution < 1.29 is 9.59 Å². The molecule has 152 valence electrons. The first kappa shape index (κ1) is 20.5. The number of rotatable bonds is 4. The largest absolute Gasteiger partial charge is 0.351 e. The molecule has 0 fully saturated rings. The first-order valence-corrected chi connectivity index (χ1v) is 9.62. The summed E-state index contributed by atoms with van der Waals surface area (Å²) in [6, 6.07) is 15.3. The molecule has 0 bridgehead atoms.